The van der Waals surface area contributed by atoms with Gasteiger partial charge in [0.25, 0.3) is 5.22 Å². The number of benzene rings is 1. The number of para-hydroxylation sites is 2. The molecule has 0 saturated heterocycles. The Morgan fingerprint density at radius 3 is 2.95 bits per heavy atom. The van der Waals surface area contributed by atoms with Crippen LogP contribution in [0.25, 0.3) is 11.1 Å². The van der Waals surface area contributed by atoms with E-state index in [1.165, 1.54) is 25.7 Å². The van der Waals surface area contributed by atoms with Crippen molar-refractivity contribution in [1.82, 2.24) is 10.3 Å². The van der Waals surface area contributed by atoms with Crippen molar-refractivity contribution in [3.63, 3.8) is 0 Å². The normalized spacial score (nSPS) is 27.0. The van der Waals surface area contributed by atoms with Gasteiger partial charge in [0.2, 0.25) is 0 Å². The predicted octanol–water partition coefficient (Wildman–Crippen LogP) is 4.09. The van der Waals surface area contributed by atoms with Gasteiger partial charge in [0, 0.05) is 11.3 Å². The van der Waals surface area contributed by atoms with Crippen molar-refractivity contribution in [3.05, 3.63) is 24.3 Å². The van der Waals surface area contributed by atoms with Gasteiger partial charge in [-0.15, -0.1) is 0 Å². The molecular formula is C16H22N2OS. The van der Waals surface area contributed by atoms with Crippen LogP contribution >= 0.6 is 11.8 Å². The second-order valence-electron chi connectivity index (χ2n) is 5.59. The SMILES string of the molecule is CCC1CCC(NC)C(Sc2nc3ccccc3o2)C1. The minimum absolute atomic E-state index is 0.562. The van der Waals surface area contributed by atoms with Crippen molar-refractivity contribution in [2.45, 2.75) is 49.1 Å². The summed E-state index contributed by atoms with van der Waals surface area (Å²) in [5.41, 5.74) is 1.85. The number of fused-ring (bicyclic) bond motifs is 1. The summed E-state index contributed by atoms with van der Waals surface area (Å²) in [4.78, 5) is 4.59. The molecule has 1 N–H and O–H groups in total. The van der Waals surface area contributed by atoms with Gasteiger partial charge >= 0.3 is 0 Å². The van der Waals surface area contributed by atoms with Crippen molar-refractivity contribution < 1.29 is 4.42 Å². The Morgan fingerprint density at radius 1 is 1.35 bits per heavy atom. The number of thioether (sulfide) groups is 1. The molecule has 0 bridgehead atoms. The summed E-state index contributed by atoms with van der Waals surface area (Å²) in [6.07, 6.45) is 5.13. The van der Waals surface area contributed by atoms with Crippen LogP contribution in [0.1, 0.15) is 32.6 Å². The number of aromatic nitrogens is 1. The van der Waals surface area contributed by atoms with Crippen molar-refractivity contribution in [2.24, 2.45) is 5.92 Å². The fourth-order valence-electron chi connectivity index (χ4n) is 3.07. The zero-order valence-corrected chi connectivity index (χ0v) is 13.0. The van der Waals surface area contributed by atoms with Gasteiger partial charge in [-0.2, -0.15) is 0 Å². The van der Waals surface area contributed by atoms with E-state index in [9.17, 15) is 0 Å². The molecule has 1 aromatic carbocycles. The molecule has 1 fully saturated rings. The number of nitrogens with one attached hydrogen (secondary N) is 1. The topological polar surface area (TPSA) is 38.1 Å². The van der Waals surface area contributed by atoms with E-state index in [0.29, 0.717) is 11.3 Å². The van der Waals surface area contributed by atoms with E-state index in [4.69, 9.17) is 4.42 Å². The zero-order chi connectivity index (χ0) is 13.9. The summed E-state index contributed by atoms with van der Waals surface area (Å²) in [7, 11) is 2.07. The Kier molecular flexibility index (Phi) is 4.32. The minimum atomic E-state index is 0.562. The standard InChI is InChI=1S/C16H22N2OS/c1-3-11-8-9-13(17-2)15(10-11)20-16-18-12-6-4-5-7-14(12)19-16/h4-7,11,13,15,17H,3,8-10H2,1-2H3. The van der Waals surface area contributed by atoms with Crippen molar-refractivity contribution in [3.8, 4) is 0 Å². The first-order valence-corrected chi connectivity index (χ1v) is 8.37. The molecule has 3 rings (SSSR count). The van der Waals surface area contributed by atoms with Crippen LogP contribution < -0.4 is 5.32 Å². The van der Waals surface area contributed by atoms with E-state index >= 15 is 0 Å². The highest BCUT2D eigenvalue weighted by Gasteiger charge is 2.30. The second kappa shape index (κ2) is 6.19. The molecule has 1 saturated carbocycles. The van der Waals surface area contributed by atoms with Gasteiger partial charge in [-0.3, -0.25) is 0 Å². The molecule has 0 spiro atoms. The molecule has 108 valence electrons. The van der Waals surface area contributed by atoms with Crippen molar-refractivity contribution in [2.75, 3.05) is 7.05 Å². The summed E-state index contributed by atoms with van der Waals surface area (Å²) in [6, 6.07) is 8.55. The molecule has 0 aliphatic heterocycles. The molecule has 4 heteroatoms. The first-order valence-electron chi connectivity index (χ1n) is 7.49. The van der Waals surface area contributed by atoms with Crippen LogP contribution in [-0.2, 0) is 0 Å². The summed E-state index contributed by atoms with van der Waals surface area (Å²) in [5, 5.41) is 4.84. The van der Waals surface area contributed by atoms with E-state index in [-0.39, 0.29) is 0 Å². The summed E-state index contributed by atoms with van der Waals surface area (Å²) >= 11 is 1.80. The van der Waals surface area contributed by atoms with E-state index in [1.807, 2.05) is 24.3 Å². The maximum Gasteiger partial charge on any atom is 0.257 e. The Hall–Kier alpha value is -1.00. The Bertz CT molecular complexity index is 535. The van der Waals surface area contributed by atoms with Gasteiger partial charge in [-0.1, -0.05) is 37.2 Å². The van der Waals surface area contributed by atoms with Crippen LogP contribution in [0.15, 0.2) is 33.9 Å². The van der Waals surface area contributed by atoms with Gasteiger partial charge in [-0.25, -0.2) is 4.98 Å². The zero-order valence-electron chi connectivity index (χ0n) is 12.1. The lowest BCUT2D eigenvalue weighted by molar-refractivity contribution is 0.303. The smallest absolute Gasteiger partial charge is 0.257 e. The number of hydrogen-bond donors (Lipinski definition) is 1. The largest absolute Gasteiger partial charge is 0.431 e. The average Bonchev–Trinajstić information content (AvgIpc) is 2.89. The Balaban J connectivity index is 1.76. The Labute approximate surface area is 124 Å². The summed E-state index contributed by atoms with van der Waals surface area (Å²) in [6.45, 7) is 2.30. The maximum atomic E-state index is 5.86. The predicted molar refractivity (Wildman–Crippen MR) is 84.1 cm³/mol. The van der Waals surface area contributed by atoms with Crippen LogP contribution in [0, 0.1) is 5.92 Å². The molecule has 3 unspecified atom stereocenters. The van der Waals surface area contributed by atoms with Gasteiger partial charge in [0.05, 0.1) is 0 Å². The lowest BCUT2D eigenvalue weighted by Crippen LogP contribution is -2.40. The van der Waals surface area contributed by atoms with E-state index in [0.717, 1.165) is 22.2 Å². The summed E-state index contributed by atoms with van der Waals surface area (Å²) in [5.74, 6) is 0.849. The molecule has 0 radical (unpaired) electrons. The average molecular weight is 290 g/mol. The van der Waals surface area contributed by atoms with Gasteiger partial charge in [0.15, 0.2) is 5.58 Å². The molecule has 1 aromatic heterocycles. The fourth-order valence-corrected chi connectivity index (χ4v) is 4.43. The highest BCUT2D eigenvalue weighted by molar-refractivity contribution is 7.99. The van der Waals surface area contributed by atoms with Crippen molar-refractivity contribution in [1.29, 1.82) is 0 Å². The highest BCUT2D eigenvalue weighted by Crippen LogP contribution is 2.38. The maximum absolute atomic E-state index is 5.86. The lowest BCUT2D eigenvalue weighted by atomic mass is 9.84. The van der Waals surface area contributed by atoms with Crippen LogP contribution in [0.2, 0.25) is 0 Å². The monoisotopic (exact) mass is 290 g/mol. The van der Waals surface area contributed by atoms with Gasteiger partial charge < -0.3 is 9.73 Å². The fraction of sp³-hybridized carbons (Fsp3) is 0.562. The van der Waals surface area contributed by atoms with E-state index < -0.39 is 0 Å². The molecular weight excluding hydrogens is 268 g/mol. The Morgan fingerprint density at radius 2 is 2.20 bits per heavy atom. The van der Waals surface area contributed by atoms with Crippen molar-refractivity contribution >= 4 is 22.9 Å². The third-order valence-corrected chi connectivity index (χ3v) is 5.57. The van der Waals surface area contributed by atoms with Crippen LogP contribution in [0.5, 0.6) is 0 Å². The molecule has 0 amide bonds. The first-order chi connectivity index (χ1) is 9.80. The van der Waals surface area contributed by atoms with Gasteiger partial charge in [-0.05, 0) is 44.4 Å². The number of oxazole rings is 1. The van der Waals surface area contributed by atoms with Crippen LogP contribution in [-0.4, -0.2) is 23.3 Å². The number of rotatable bonds is 4. The third kappa shape index (κ3) is 2.86. The quantitative estimate of drug-likeness (QED) is 0.920. The highest BCUT2D eigenvalue weighted by atomic mass is 32.2. The molecule has 1 heterocycles. The second-order valence-corrected chi connectivity index (χ2v) is 6.78. The molecule has 1 aliphatic rings. The summed E-state index contributed by atoms with van der Waals surface area (Å²) < 4.78 is 5.86. The first kappa shape index (κ1) is 14.0. The van der Waals surface area contributed by atoms with E-state index in [1.54, 1.807) is 11.8 Å². The third-order valence-electron chi connectivity index (χ3n) is 4.37. The molecule has 2 aromatic rings. The van der Waals surface area contributed by atoms with Crippen LogP contribution in [0.3, 0.4) is 0 Å². The molecule has 1 aliphatic carbocycles. The van der Waals surface area contributed by atoms with Gasteiger partial charge in [0.1, 0.15) is 5.52 Å². The van der Waals surface area contributed by atoms with Crippen LogP contribution in [0.4, 0.5) is 0 Å². The lowest BCUT2D eigenvalue weighted by Gasteiger charge is -2.34. The number of nitrogens with zero attached hydrogens (tertiary/aromatic N) is 1. The molecule has 3 atom stereocenters. The molecule has 3 nitrogen and oxygen atoms in total. The molecule has 20 heavy (non-hydrogen) atoms. The minimum Gasteiger partial charge on any atom is -0.431 e. The van der Waals surface area contributed by atoms with E-state index in [2.05, 4.69) is 24.3 Å². The number of hydrogen-bond acceptors (Lipinski definition) is 4.